The molecule has 1 fully saturated rings. The number of anilines is 1. The minimum Gasteiger partial charge on any atom is -0.460 e. The van der Waals surface area contributed by atoms with Gasteiger partial charge >= 0.3 is 0 Å². The smallest absolute Gasteiger partial charge is 0.239 e. The molecule has 1 atom stereocenters. The van der Waals surface area contributed by atoms with E-state index in [1.807, 2.05) is 42.5 Å². The van der Waals surface area contributed by atoms with Crippen molar-refractivity contribution in [3.05, 3.63) is 42.5 Å². The van der Waals surface area contributed by atoms with Crippen LogP contribution in [0.3, 0.4) is 0 Å². The van der Waals surface area contributed by atoms with E-state index in [4.69, 9.17) is 10.00 Å². The Labute approximate surface area is 140 Å². The van der Waals surface area contributed by atoms with E-state index in [-0.39, 0.29) is 6.54 Å². The Balaban J connectivity index is 1.94. The molecule has 0 amide bonds. The molecule has 1 aliphatic rings. The fourth-order valence-corrected chi connectivity index (χ4v) is 2.77. The first-order valence-electron chi connectivity index (χ1n) is 7.74. The number of pyridine rings is 1. The molecule has 2 heterocycles. The van der Waals surface area contributed by atoms with Crippen LogP contribution in [-0.2, 0) is 4.79 Å². The number of hydrogen-bond acceptors (Lipinski definition) is 6. The number of aromatic nitrogens is 1. The van der Waals surface area contributed by atoms with Crippen molar-refractivity contribution in [1.29, 1.82) is 5.26 Å². The fraction of sp³-hybridized carbons (Fsp3) is 0.278. The van der Waals surface area contributed by atoms with Crippen LogP contribution in [0.15, 0.2) is 42.5 Å². The summed E-state index contributed by atoms with van der Waals surface area (Å²) in [5.74, 6) is 0.366. The maximum Gasteiger partial charge on any atom is 0.239 e. The van der Waals surface area contributed by atoms with Gasteiger partial charge in [-0.2, -0.15) is 5.26 Å². The zero-order valence-corrected chi connectivity index (χ0v) is 13.4. The normalized spacial score (nSPS) is 19.6. The molecule has 122 valence electrons. The fourth-order valence-electron chi connectivity index (χ4n) is 2.77. The summed E-state index contributed by atoms with van der Waals surface area (Å²) >= 11 is 0. The molecule has 0 saturated carbocycles. The lowest BCUT2D eigenvalue weighted by molar-refractivity contribution is -0.120. The first-order chi connectivity index (χ1) is 11.7. The van der Waals surface area contributed by atoms with E-state index in [0.717, 1.165) is 17.5 Å². The maximum atomic E-state index is 11.6. The zero-order valence-electron chi connectivity index (χ0n) is 13.4. The number of hydrogen-bond donors (Lipinski definition) is 1. The monoisotopic (exact) mass is 322 g/mol. The molecule has 0 aliphatic carbocycles. The lowest BCUT2D eigenvalue weighted by atomic mass is 10.1. The number of carbonyl (C=O) groups excluding carboxylic acids is 1. The van der Waals surface area contributed by atoms with Gasteiger partial charge in [-0.15, -0.1) is 0 Å². The standard InChI is InChI=1S/C18H18N4O2/c1-20-16-8-7-15(14-5-3-2-4-6-14)21-17(16)24-18(12-23)9-10-22(11-18)13-19/h2-8,12,20H,9-11H2,1H3. The average molecular weight is 322 g/mol. The highest BCUT2D eigenvalue weighted by Gasteiger charge is 2.41. The van der Waals surface area contributed by atoms with Gasteiger partial charge in [-0.1, -0.05) is 30.3 Å². The highest BCUT2D eigenvalue weighted by atomic mass is 16.5. The van der Waals surface area contributed by atoms with Gasteiger partial charge in [0.2, 0.25) is 5.88 Å². The topological polar surface area (TPSA) is 78.2 Å². The average Bonchev–Trinajstić information content (AvgIpc) is 3.06. The molecular formula is C18H18N4O2. The second-order valence-corrected chi connectivity index (χ2v) is 5.72. The predicted octanol–water partition coefficient (Wildman–Crippen LogP) is 2.29. The number of carbonyl (C=O) groups is 1. The quantitative estimate of drug-likeness (QED) is 0.672. The van der Waals surface area contributed by atoms with Crippen LogP contribution in [0.5, 0.6) is 5.88 Å². The van der Waals surface area contributed by atoms with E-state index in [0.29, 0.717) is 24.5 Å². The van der Waals surface area contributed by atoms with Gasteiger partial charge in [0.05, 0.1) is 17.9 Å². The first kappa shape index (κ1) is 15.8. The maximum absolute atomic E-state index is 11.6. The third kappa shape index (κ3) is 3.01. The molecule has 1 N–H and O–H groups in total. The molecular weight excluding hydrogens is 304 g/mol. The zero-order chi connectivity index (χ0) is 17.0. The summed E-state index contributed by atoms with van der Waals surface area (Å²) < 4.78 is 5.99. The number of rotatable bonds is 5. The molecule has 1 unspecified atom stereocenters. The van der Waals surface area contributed by atoms with Gasteiger partial charge in [-0.05, 0) is 12.1 Å². The molecule has 6 heteroatoms. The molecule has 1 aromatic carbocycles. The molecule has 0 spiro atoms. The van der Waals surface area contributed by atoms with E-state index in [9.17, 15) is 4.79 Å². The van der Waals surface area contributed by atoms with Crippen molar-refractivity contribution >= 4 is 12.0 Å². The van der Waals surface area contributed by atoms with Gasteiger partial charge < -0.3 is 15.0 Å². The van der Waals surface area contributed by atoms with E-state index >= 15 is 0 Å². The lowest BCUT2D eigenvalue weighted by Crippen LogP contribution is -2.40. The lowest BCUT2D eigenvalue weighted by Gasteiger charge is -2.24. The first-order valence-corrected chi connectivity index (χ1v) is 7.74. The SMILES string of the molecule is CNc1ccc(-c2ccccc2)nc1OC1(C=O)CCN(C#N)C1. The van der Waals surface area contributed by atoms with E-state index in [1.54, 1.807) is 7.05 Å². The number of aldehydes is 1. The molecule has 6 nitrogen and oxygen atoms in total. The Morgan fingerprint density at radius 2 is 2.12 bits per heavy atom. The summed E-state index contributed by atoms with van der Waals surface area (Å²) in [6.07, 6.45) is 3.30. The van der Waals surface area contributed by atoms with Crippen LogP contribution in [-0.4, -0.2) is 41.9 Å². The van der Waals surface area contributed by atoms with Gasteiger partial charge in [-0.3, -0.25) is 4.79 Å². The van der Waals surface area contributed by atoms with Gasteiger partial charge in [0.1, 0.15) is 0 Å². The minimum absolute atomic E-state index is 0.243. The predicted molar refractivity (Wildman–Crippen MR) is 90.4 cm³/mol. The van der Waals surface area contributed by atoms with Crippen molar-refractivity contribution in [1.82, 2.24) is 9.88 Å². The Kier molecular flexibility index (Phi) is 4.34. The molecule has 2 aromatic rings. The van der Waals surface area contributed by atoms with Gasteiger partial charge in [0, 0.05) is 25.6 Å². The van der Waals surface area contributed by atoms with E-state index < -0.39 is 5.60 Å². The second-order valence-electron chi connectivity index (χ2n) is 5.72. The Morgan fingerprint density at radius 3 is 2.75 bits per heavy atom. The number of nitrogens with zero attached hydrogens (tertiary/aromatic N) is 3. The van der Waals surface area contributed by atoms with E-state index in [2.05, 4.69) is 16.5 Å². The van der Waals surface area contributed by atoms with E-state index in [1.165, 1.54) is 4.90 Å². The van der Waals surface area contributed by atoms with Crippen molar-refractivity contribution in [2.45, 2.75) is 12.0 Å². The summed E-state index contributed by atoms with van der Waals surface area (Å²) in [7, 11) is 1.77. The second kappa shape index (κ2) is 6.59. The third-order valence-corrected chi connectivity index (χ3v) is 4.12. The Bertz CT molecular complexity index is 772. The molecule has 0 bridgehead atoms. The van der Waals surface area contributed by atoms with Crippen molar-refractivity contribution in [3.8, 4) is 23.3 Å². The molecule has 1 aromatic heterocycles. The van der Waals surface area contributed by atoms with Crippen molar-refractivity contribution in [2.75, 3.05) is 25.5 Å². The Morgan fingerprint density at radius 1 is 1.33 bits per heavy atom. The van der Waals surface area contributed by atoms with Crippen LogP contribution < -0.4 is 10.1 Å². The number of ether oxygens (including phenoxy) is 1. The summed E-state index contributed by atoms with van der Waals surface area (Å²) in [5, 5.41) is 12.1. The largest absolute Gasteiger partial charge is 0.460 e. The molecule has 24 heavy (non-hydrogen) atoms. The van der Waals surface area contributed by atoms with Gasteiger partial charge in [-0.25, -0.2) is 4.98 Å². The molecule has 1 aliphatic heterocycles. The van der Waals surface area contributed by atoms with Crippen LogP contribution in [0.1, 0.15) is 6.42 Å². The van der Waals surface area contributed by atoms with Crippen molar-refractivity contribution < 1.29 is 9.53 Å². The van der Waals surface area contributed by atoms with Crippen LogP contribution in [0.4, 0.5) is 5.69 Å². The summed E-state index contributed by atoms with van der Waals surface area (Å²) in [6.45, 7) is 0.746. The van der Waals surface area contributed by atoms with Crippen LogP contribution in [0.25, 0.3) is 11.3 Å². The minimum atomic E-state index is -1.04. The summed E-state index contributed by atoms with van der Waals surface area (Å²) in [5.41, 5.74) is 1.39. The number of likely N-dealkylation sites (tertiary alicyclic amines) is 1. The molecule has 3 rings (SSSR count). The van der Waals surface area contributed by atoms with Crippen molar-refractivity contribution in [3.63, 3.8) is 0 Å². The number of nitriles is 1. The highest BCUT2D eigenvalue weighted by molar-refractivity contribution is 5.68. The van der Waals surface area contributed by atoms with Gasteiger partial charge in [0.15, 0.2) is 18.1 Å². The Hall–Kier alpha value is -3.07. The van der Waals surface area contributed by atoms with Gasteiger partial charge in [0.25, 0.3) is 0 Å². The summed E-state index contributed by atoms with van der Waals surface area (Å²) in [6, 6.07) is 13.5. The third-order valence-electron chi connectivity index (χ3n) is 4.12. The van der Waals surface area contributed by atoms with Crippen LogP contribution in [0, 0.1) is 11.5 Å². The van der Waals surface area contributed by atoms with Crippen molar-refractivity contribution in [2.24, 2.45) is 0 Å². The summed E-state index contributed by atoms with van der Waals surface area (Å²) in [4.78, 5) is 17.7. The number of nitrogens with one attached hydrogen (secondary N) is 1. The molecule has 0 radical (unpaired) electrons. The number of benzene rings is 1. The van der Waals surface area contributed by atoms with Crippen LogP contribution in [0.2, 0.25) is 0 Å². The van der Waals surface area contributed by atoms with Crippen LogP contribution >= 0.6 is 0 Å². The molecule has 1 saturated heterocycles. The highest BCUT2D eigenvalue weighted by Crippen LogP contribution is 2.32.